The van der Waals surface area contributed by atoms with Gasteiger partial charge in [0, 0.05) is 6.42 Å². The van der Waals surface area contributed by atoms with Crippen LogP contribution in [0.3, 0.4) is 0 Å². The fraction of sp³-hybridized carbons (Fsp3) is 0.875. The van der Waals surface area contributed by atoms with E-state index < -0.39 is 23.8 Å². The number of alkyl carbamates (subject to hydrolysis) is 1. The third kappa shape index (κ3) is 14.9. The lowest BCUT2D eigenvalue weighted by molar-refractivity contribution is -0.142. The van der Waals surface area contributed by atoms with Crippen molar-refractivity contribution in [2.45, 2.75) is 123 Å². The lowest BCUT2D eigenvalue weighted by Crippen LogP contribution is -2.46. The Balaban J connectivity index is 4.00. The number of ketones is 1. The number of nitrogens with one attached hydrogen (secondary N) is 1. The Morgan fingerprint density at radius 3 is 1.94 bits per heavy atom. The molecule has 0 radical (unpaired) electrons. The van der Waals surface area contributed by atoms with Crippen LogP contribution in [0.4, 0.5) is 4.79 Å². The van der Waals surface area contributed by atoms with Gasteiger partial charge in [0.15, 0.2) is 5.78 Å². The van der Waals surface area contributed by atoms with Crippen molar-refractivity contribution in [3.63, 3.8) is 0 Å². The molecule has 3 atom stereocenters. The van der Waals surface area contributed by atoms with E-state index in [0.29, 0.717) is 12.8 Å². The number of amides is 1. The number of Topliss-reactive ketones (excluding diaryl/α,β-unsaturated/α-hetero) is 1. The number of ether oxygens (including phenoxy) is 2. The molecule has 182 valence electrons. The summed E-state index contributed by atoms with van der Waals surface area (Å²) in [5.74, 6) is -0.180. The predicted octanol–water partition coefficient (Wildman–Crippen LogP) is 4.90. The van der Waals surface area contributed by atoms with E-state index in [1.54, 1.807) is 0 Å². The fourth-order valence-corrected chi connectivity index (χ4v) is 3.36. The van der Waals surface area contributed by atoms with Gasteiger partial charge in [0.25, 0.3) is 0 Å². The lowest BCUT2D eigenvalue weighted by Gasteiger charge is -2.26. The SMILES string of the molecule is CC[C@H](C)[C@H](NC(=O)OC(C)(C)C)C(=O)CCCCCCCCCCC(N)C(=O)OC. The zero-order chi connectivity index (χ0) is 23.9. The third-order valence-corrected chi connectivity index (χ3v) is 5.42. The Morgan fingerprint density at radius 1 is 0.935 bits per heavy atom. The van der Waals surface area contributed by atoms with E-state index in [0.717, 1.165) is 57.8 Å². The molecule has 31 heavy (non-hydrogen) atoms. The Bertz CT molecular complexity index is 531. The standard InChI is InChI=1S/C24H46N2O5/c1-7-18(2)21(26-23(29)31-24(3,4)5)20(27)17-15-13-11-9-8-10-12-14-16-19(25)22(28)30-6/h18-19,21H,7-17,25H2,1-6H3,(H,26,29)/t18-,19?,21-/m0/s1. The zero-order valence-corrected chi connectivity index (χ0v) is 20.6. The first-order valence-electron chi connectivity index (χ1n) is 11.9. The van der Waals surface area contributed by atoms with Gasteiger partial charge in [0.05, 0.1) is 13.2 Å². The van der Waals surface area contributed by atoms with Crippen molar-refractivity contribution in [2.24, 2.45) is 11.7 Å². The maximum absolute atomic E-state index is 12.7. The molecule has 0 saturated heterocycles. The molecular weight excluding hydrogens is 396 g/mol. The van der Waals surface area contributed by atoms with Crippen LogP contribution in [0, 0.1) is 5.92 Å². The molecule has 0 aliphatic heterocycles. The van der Waals surface area contributed by atoms with Crippen molar-refractivity contribution < 1.29 is 23.9 Å². The molecule has 0 fully saturated rings. The Labute approximate surface area is 189 Å². The van der Waals surface area contributed by atoms with E-state index in [1.807, 2.05) is 34.6 Å². The van der Waals surface area contributed by atoms with Crippen LogP contribution in [0.15, 0.2) is 0 Å². The summed E-state index contributed by atoms with van der Waals surface area (Å²) in [6.45, 7) is 9.43. The Hall–Kier alpha value is -1.63. The Morgan fingerprint density at radius 2 is 1.45 bits per heavy atom. The molecule has 0 aromatic heterocycles. The molecule has 0 aliphatic rings. The number of hydrogen-bond acceptors (Lipinski definition) is 6. The van der Waals surface area contributed by atoms with Gasteiger partial charge in [-0.25, -0.2) is 4.79 Å². The molecule has 7 heteroatoms. The van der Waals surface area contributed by atoms with Gasteiger partial charge in [0.2, 0.25) is 0 Å². The van der Waals surface area contributed by atoms with Crippen molar-refractivity contribution in [3.8, 4) is 0 Å². The molecule has 0 aromatic carbocycles. The van der Waals surface area contributed by atoms with Crippen LogP contribution in [0.5, 0.6) is 0 Å². The number of rotatable bonds is 16. The Kier molecular flexibility index (Phi) is 15.2. The summed E-state index contributed by atoms with van der Waals surface area (Å²) in [6.07, 6.45) is 9.82. The van der Waals surface area contributed by atoms with Crippen molar-refractivity contribution in [2.75, 3.05) is 7.11 Å². The molecule has 3 N–H and O–H groups in total. The zero-order valence-electron chi connectivity index (χ0n) is 20.6. The second-order valence-corrected chi connectivity index (χ2v) is 9.47. The highest BCUT2D eigenvalue weighted by Gasteiger charge is 2.27. The molecule has 0 spiro atoms. The van der Waals surface area contributed by atoms with Gasteiger partial charge in [0.1, 0.15) is 11.6 Å². The van der Waals surface area contributed by atoms with Gasteiger partial charge in [-0.05, 0) is 39.5 Å². The van der Waals surface area contributed by atoms with Crippen LogP contribution in [-0.2, 0) is 19.1 Å². The van der Waals surface area contributed by atoms with E-state index >= 15 is 0 Å². The van der Waals surface area contributed by atoms with E-state index in [9.17, 15) is 14.4 Å². The molecule has 0 saturated carbocycles. The normalized spacial score (nSPS) is 14.4. The molecule has 1 amide bonds. The summed E-state index contributed by atoms with van der Waals surface area (Å²) in [5.41, 5.74) is 5.13. The first-order valence-corrected chi connectivity index (χ1v) is 11.9. The fourth-order valence-electron chi connectivity index (χ4n) is 3.36. The number of carbonyl (C=O) groups excluding carboxylic acids is 3. The molecule has 1 unspecified atom stereocenters. The first-order chi connectivity index (χ1) is 14.5. The second-order valence-electron chi connectivity index (χ2n) is 9.47. The summed E-state index contributed by atoms with van der Waals surface area (Å²) in [6, 6.07) is -0.997. The quantitative estimate of drug-likeness (QED) is 0.260. The average Bonchev–Trinajstić information content (AvgIpc) is 2.70. The number of esters is 1. The number of carbonyl (C=O) groups is 3. The topological polar surface area (TPSA) is 108 Å². The van der Waals surface area contributed by atoms with Crippen molar-refractivity contribution in [1.29, 1.82) is 0 Å². The minimum absolute atomic E-state index is 0.0762. The molecule has 0 aliphatic carbocycles. The van der Waals surface area contributed by atoms with Crippen LogP contribution in [0.1, 0.15) is 105 Å². The largest absolute Gasteiger partial charge is 0.468 e. The van der Waals surface area contributed by atoms with E-state index in [-0.39, 0.29) is 17.7 Å². The maximum Gasteiger partial charge on any atom is 0.408 e. The summed E-state index contributed by atoms with van der Waals surface area (Å²) in [4.78, 5) is 36.0. The van der Waals surface area contributed by atoms with Gasteiger partial charge in [-0.2, -0.15) is 0 Å². The summed E-state index contributed by atoms with van der Waals surface area (Å²) >= 11 is 0. The molecule has 7 nitrogen and oxygen atoms in total. The number of nitrogens with two attached hydrogens (primary N) is 1. The maximum atomic E-state index is 12.7. The monoisotopic (exact) mass is 442 g/mol. The highest BCUT2D eigenvalue weighted by atomic mass is 16.6. The van der Waals surface area contributed by atoms with Gasteiger partial charge >= 0.3 is 12.1 Å². The van der Waals surface area contributed by atoms with Crippen molar-refractivity contribution >= 4 is 17.8 Å². The predicted molar refractivity (Wildman–Crippen MR) is 124 cm³/mol. The molecule has 0 rings (SSSR count). The lowest BCUT2D eigenvalue weighted by atomic mass is 9.92. The average molecular weight is 443 g/mol. The van der Waals surface area contributed by atoms with Gasteiger partial charge < -0.3 is 20.5 Å². The van der Waals surface area contributed by atoms with Crippen LogP contribution in [0.25, 0.3) is 0 Å². The van der Waals surface area contributed by atoms with Crippen molar-refractivity contribution in [1.82, 2.24) is 5.32 Å². The van der Waals surface area contributed by atoms with E-state index in [1.165, 1.54) is 7.11 Å². The third-order valence-electron chi connectivity index (χ3n) is 5.42. The van der Waals surface area contributed by atoms with Crippen LogP contribution < -0.4 is 11.1 Å². The van der Waals surface area contributed by atoms with Gasteiger partial charge in [-0.15, -0.1) is 0 Å². The van der Waals surface area contributed by atoms with Crippen LogP contribution in [-0.4, -0.2) is 42.6 Å². The highest BCUT2D eigenvalue weighted by Crippen LogP contribution is 2.16. The first kappa shape index (κ1) is 29.4. The number of hydrogen-bond donors (Lipinski definition) is 2. The smallest absolute Gasteiger partial charge is 0.408 e. The molecule has 0 aromatic rings. The minimum atomic E-state index is -0.583. The molecular formula is C24H46N2O5. The summed E-state index contributed by atoms with van der Waals surface area (Å²) in [5, 5.41) is 2.77. The number of methoxy groups -OCH3 is 1. The van der Waals surface area contributed by atoms with E-state index in [2.05, 4.69) is 10.1 Å². The van der Waals surface area contributed by atoms with Gasteiger partial charge in [-0.3, -0.25) is 9.59 Å². The highest BCUT2D eigenvalue weighted by molar-refractivity contribution is 5.87. The summed E-state index contributed by atoms with van der Waals surface area (Å²) < 4.78 is 9.93. The minimum Gasteiger partial charge on any atom is -0.468 e. The summed E-state index contributed by atoms with van der Waals surface area (Å²) in [7, 11) is 1.36. The molecule has 0 heterocycles. The van der Waals surface area contributed by atoms with E-state index in [4.69, 9.17) is 10.5 Å². The molecule has 0 bridgehead atoms. The second kappa shape index (κ2) is 16.1. The van der Waals surface area contributed by atoms with Crippen LogP contribution >= 0.6 is 0 Å². The number of unbranched alkanes of at least 4 members (excludes halogenated alkanes) is 7. The van der Waals surface area contributed by atoms with Gasteiger partial charge in [-0.1, -0.05) is 65.2 Å². The van der Waals surface area contributed by atoms with Crippen LogP contribution in [0.2, 0.25) is 0 Å². The van der Waals surface area contributed by atoms with Crippen molar-refractivity contribution in [3.05, 3.63) is 0 Å².